The van der Waals surface area contributed by atoms with Crippen LogP contribution in [-0.2, 0) is 24.3 Å². The number of imide groups is 1. The van der Waals surface area contributed by atoms with Crippen LogP contribution in [-0.4, -0.2) is 27.1 Å². The fourth-order valence-electron chi connectivity index (χ4n) is 3.93. The average molecular weight is 373 g/mol. The number of amides is 3. The first kappa shape index (κ1) is 18.9. The van der Waals surface area contributed by atoms with E-state index in [0.29, 0.717) is 31.0 Å². The molecule has 3 amide bonds. The van der Waals surface area contributed by atoms with E-state index in [1.807, 2.05) is 6.07 Å². The van der Waals surface area contributed by atoms with Gasteiger partial charge in [0.25, 0.3) is 5.56 Å². The lowest BCUT2D eigenvalue weighted by molar-refractivity contribution is -0.120. The third kappa shape index (κ3) is 3.79. The molecule has 1 aromatic heterocycles. The lowest BCUT2D eigenvalue weighted by atomic mass is 9.86. The molecule has 0 spiro atoms. The summed E-state index contributed by atoms with van der Waals surface area (Å²) in [5.74, 6) is -0.431. The second-order valence-corrected chi connectivity index (χ2v) is 7.25. The molecule has 1 saturated carbocycles. The lowest BCUT2D eigenvalue weighted by Crippen LogP contribution is -2.50. The number of nitriles is 1. The summed E-state index contributed by atoms with van der Waals surface area (Å²) < 4.78 is 2.08. The maximum absolute atomic E-state index is 12.5. The predicted molar refractivity (Wildman–Crippen MR) is 96.1 cm³/mol. The summed E-state index contributed by atoms with van der Waals surface area (Å²) in [6.07, 6.45) is 5.20. The summed E-state index contributed by atoms with van der Waals surface area (Å²) >= 11 is 0. The third-order valence-electron chi connectivity index (χ3n) is 5.42. The molecule has 2 aliphatic rings. The Morgan fingerprint density at radius 2 is 1.96 bits per heavy atom. The molecule has 2 heterocycles. The standard InChI is InChI=1S/C18H23N5O4/c1-11-5-2-3-6-13(11)20-17(26)21-15(24)10-23-16(25)12(9-19)14-7-4-8-22(14)18(23)27/h11,13H,2-8,10H2,1H3,(H2,20,21,24,26)/t11-,13+/m1/s1. The van der Waals surface area contributed by atoms with Crippen LogP contribution in [0.1, 0.15) is 50.3 Å². The maximum atomic E-state index is 12.5. The predicted octanol–water partition coefficient (Wildman–Crippen LogP) is 0.232. The van der Waals surface area contributed by atoms with E-state index in [-0.39, 0.29) is 11.6 Å². The van der Waals surface area contributed by atoms with Crippen LogP contribution >= 0.6 is 0 Å². The number of fused-ring (bicyclic) bond motifs is 1. The van der Waals surface area contributed by atoms with Crippen molar-refractivity contribution < 1.29 is 9.59 Å². The van der Waals surface area contributed by atoms with Crippen molar-refractivity contribution in [2.75, 3.05) is 0 Å². The van der Waals surface area contributed by atoms with E-state index in [2.05, 4.69) is 17.6 Å². The van der Waals surface area contributed by atoms with Crippen LogP contribution in [0.3, 0.4) is 0 Å². The highest BCUT2D eigenvalue weighted by Crippen LogP contribution is 2.23. The van der Waals surface area contributed by atoms with Crippen LogP contribution in [0.4, 0.5) is 4.79 Å². The van der Waals surface area contributed by atoms with E-state index in [0.717, 1.165) is 30.3 Å². The first-order chi connectivity index (χ1) is 12.9. The molecular weight excluding hydrogens is 350 g/mol. The van der Waals surface area contributed by atoms with Crippen LogP contribution in [0.5, 0.6) is 0 Å². The van der Waals surface area contributed by atoms with Gasteiger partial charge in [0.1, 0.15) is 18.2 Å². The Hall–Kier alpha value is -2.89. The smallest absolute Gasteiger partial charge is 0.331 e. The zero-order chi connectivity index (χ0) is 19.6. The molecule has 0 saturated heterocycles. The highest BCUT2D eigenvalue weighted by Gasteiger charge is 2.25. The normalized spacial score (nSPS) is 21.2. The monoisotopic (exact) mass is 373 g/mol. The van der Waals surface area contributed by atoms with Crippen LogP contribution in [0.25, 0.3) is 0 Å². The van der Waals surface area contributed by atoms with Crippen LogP contribution in [0.2, 0.25) is 0 Å². The minimum absolute atomic E-state index is 0.00471. The topological polar surface area (TPSA) is 126 Å². The molecule has 3 rings (SSSR count). The average Bonchev–Trinajstić information content (AvgIpc) is 3.10. The second-order valence-electron chi connectivity index (χ2n) is 7.25. The molecule has 0 bridgehead atoms. The number of nitrogens with zero attached hydrogens (tertiary/aromatic N) is 3. The van der Waals surface area contributed by atoms with Crippen molar-refractivity contribution in [3.8, 4) is 6.07 Å². The van der Waals surface area contributed by atoms with Gasteiger partial charge in [-0.2, -0.15) is 5.26 Å². The summed E-state index contributed by atoms with van der Waals surface area (Å²) in [6.45, 7) is 1.87. The summed E-state index contributed by atoms with van der Waals surface area (Å²) in [7, 11) is 0. The van der Waals surface area contributed by atoms with E-state index < -0.39 is 29.7 Å². The number of hydrogen-bond donors (Lipinski definition) is 2. The van der Waals surface area contributed by atoms with Crippen LogP contribution in [0, 0.1) is 17.2 Å². The molecule has 1 aliphatic carbocycles. The van der Waals surface area contributed by atoms with Crippen molar-refractivity contribution in [2.24, 2.45) is 5.92 Å². The van der Waals surface area contributed by atoms with Crippen molar-refractivity contribution in [1.82, 2.24) is 19.8 Å². The van der Waals surface area contributed by atoms with Gasteiger partial charge in [-0.15, -0.1) is 0 Å². The number of carbonyl (C=O) groups excluding carboxylic acids is 2. The largest absolute Gasteiger partial charge is 0.335 e. The second kappa shape index (κ2) is 7.78. The molecule has 0 radical (unpaired) electrons. The van der Waals surface area contributed by atoms with Crippen LogP contribution < -0.4 is 21.9 Å². The SMILES string of the molecule is C[C@@H]1CCCC[C@@H]1NC(=O)NC(=O)Cn1c(=O)c(C#N)c2n(c1=O)CCC2. The zero-order valence-corrected chi connectivity index (χ0v) is 15.3. The van der Waals surface area contributed by atoms with E-state index in [4.69, 9.17) is 0 Å². The van der Waals surface area contributed by atoms with Gasteiger partial charge in [0.2, 0.25) is 5.91 Å². The van der Waals surface area contributed by atoms with Gasteiger partial charge in [0.05, 0.1) is 0 Å². The van der Waals surface area contributed by atoms with E-state index in [1.165, 1.54) is 4.57 Å². The summed E-state index contributed by atoms with van der Waals surface area (Å²) in [4.78, 5) is 49.1. The van der Waals surface area contributed by atoms with Crippen molar-refractivity contribution in [1.29, 1.82) is 5.26 Å². The highest BCUT2D eigenvalue weighted by atomic mass is 16.2. The third-order valence-corrected chi connectivity index (χ3v) is 5.42. The van der Waals surface area contributed by atoms with Crippen molar-refractivity contribution >= 4 is 11.9 Å². The number of carbonyl (C=O) groups is 2. The van der Waals surface area contributed by atoms with Crippen molar-refractivity contribution in [3.63, 3.8) is 0 Å². The summed E-state index contributed by atoms with van der Waals surface area (Å²) in [6, 6.07) is 1.21. The van der Waals surface area contributed by atoms with Gasteiger partial charge in [-0.05, 0) is 31.6 Å². The first-order valence-electron chi connectivity index (χ1n) is 9.29. The van der Waals surface area contributed by atoms with Gasteiger partial charge in [-0.3, -0.25) is 19.5 Å². The molecule has 27 heavy (non-hydrogen) atoms. The van der Waals surface area contributed by atoms with Gasteiger partial charge in [-0.25, -0.2) is 14.2 Å². The molecule has 2 N–H and O–H groups in total. The maximum Gasteiger partial charge on any atom is 0.331 e. The Balaban J connectivity index is 1.71. The van der Waals surface area contributed by atoms with Gasteiger partial charge >= 0.3 is 11.7 Å². The quantitative estimate of drug-likeness (QED) is 0.784. The fraction of sp³-hybridized carbons (Fsp3) is 0.611. The molecule has 9 heteroatoms. The lowest BCUT2D eigenvalue weighted by Gasteiger charge is -2.29. The molecule has 9 nitrogen and oxygen atoms in total. The number of aromatic nitrogens is 2. The molecule has 1 aliphatic heterocycles. The van der Waals surface area contributed by atoms with Crippen molar-refractivity contribution in [2.45, 2.75) is 64.6 Å². The molecule has 144 valence electrons. The van der Waals surface area contributed by atoms with Gasteiger partial charge in [0.15, 0.2) is 0 Å². The number of urea groups is 1. The molecule has 1 fully saturated rings. The first-order valence-corrected chi connectivity index (χ1v) is 9.29. The Bertz CT molecular complexity index is 923. The fourth-order valence-corrected chi connectivity index (χ4v) is 3.93. The van der Waals surface area contributed by atoms with Crippen molar-refractivity contribution in [3.05, 3.63) is 32.1 Å². The minimum Gasteiger partial charge on any atom is -0.335 e. The van der Waals surface area contributed by atoms with E-state index in [9.17, 15) is 24.4 Å². The van der Waals surface area contributed by atoms with Gasteiger partial charge in [0, 0.05) is 18.3 Å². The Morgan fingerprint density at radius 1 is 1.22 bits per heavy atom. The molecule has 1 aromatic rings. The Morgan fingerprint density at radius 3 is 2.67 bits per heavy atom. The minimum atomic E-state index is -0.785. The Labute approximate surface area is 156 Å². The highest BCUT2D eigenvalue weighted by molar-refractivity contribution is 5.94. The van der Waals surface area contributed by atoms with Crippen LogP contribution in [0.15, 0.2) is 9.59 Å². The van der Waals surface area contributed by atoms with E-state index >= 15 is 0 Å². The molecule has 0 unspecified atom stereocenters. The Kier molecular flexibility index (Phi) is 5.44. The molecular formula is C18H23N5O4. The van der Waals surface area contributed by atoms with Gasteiger partial charge in [-0.1, -0.05) is 19.8 Å². The number of nitrogens with one attached hydrogen (secondary N) is 2. The van der Waals surface area contributed by atoms with E-state index in [1.54, 1.807) is 0 Å². The number of rotatable bonds is 3. The molecule has 0 aromatic carbocycles. The molecule has 2 atom stereocenters. The zero-order valence-electron chi connectivity index (χ0n) is 15.3. The summed E-state index contributed by atoms with van der Waals surface area (Å²) in [5, 5.41) is 14.2. The summed E-state index contributed by atoms with van der Waals surface area (Å²) in [5.41, 5.74) is -1.09. The van der Waals surface area contributed by atoms with Gasteiger partial charge < -0.3 is 5.32 Å². The number of hydrogen-bond acceptors (Lipinski definition) is 5.